The average molecular weight is 270 g/mol. The molecule has 0 aliphatic heterocycles. The fraction of sp³-hybridized carbons (Fsp3) is 1.00. The van der Waals surface area contributed by atoms with Gasteiger partial charge in [0.15, 0.2) is 0 Å². The van der Waals surface area contributed by atoms with Crippen molar-refractivity contribution in [2.75, 3.05) is 6.54 Å². The Bertz CT molecular complexity index is 190. The molecule has 0 aromatic rings. The van der Waals surface area contributed by atoms with Gasteiger partial charge in [-0.15, -0.1) is 0 Å². The Kier molecular flexibility index (Phi) is 11.7. The van der Waals surface area contributed by atoms with E-state index in [1.54, 1.807) is 0 Å². The highest BCUT2D eigenvalue weighted by molar-refractivity contribution is 4.77. The van der Waals surface area contributed by atoms with Gasteiger partial charge in [-0.05, 0) is 37.1 Å². The van der Waals surface area contributed by atoms with Gasteiger partial charge in [-0.2, -0.15) is 0 Å². The van der Waals surface area contributed by atoms with Crippen LogP contribution in [0.4, 0.5) is 0 Å². The van der Waals surface area contributed by atoms with Crippen molar-refractivity contribution in [2.45, 2.75) is 92.5 Å². The zero-order chi connectivity index (χ0) is 14.7. The van der Waals surface area contributed by atoms with Crippen LogP contribution in [0.15, 0.2) is 0 Å². The van der Waals surface area contributed by atoms with Gasteiger partial charge in [-0.3, -0.25) is 0 Å². The quantitative estimate of drug-likeness (QED) is 0.483. The van der Waals surface area contributed by atoms with E-state index in [4.69, 9.17) is 0 Å². The molecule has 0 aromatic carbocycles. The highest BCUT2D eigenvalue weighted by Crippen LogP contribution is 2.25. The van der Waals surface area contributed by atoms with Gasteiger partial charge in [0, 0.05) is 6.04 Å². The summed E-state index contributed by atoms with van der Waals surface area (Å²) in [6.07, 6.45) is 9.54. The Morgan fingerprint density at radius 2 is 1.47 bits per heavy atom. The van der Waals surface area contributed by atoms with Crippen LogP contribution >= 0.6 is 0 Å². The minimum atomic E-state index is 0.723. The summed E-state index contributed by atoms with van der Waals surface area (Å²) in [5, 5.41) is 3.75. The lowest BCUT2D eigenvalue weighted by Crippen LogP contribution is -2.37. The van der Waals surface area contributed by atoms with Crippen LogP contribution in [-0.2, 0) is 0 Å². The van der Waals surface area contributed by atoms with Crippen LogP contribution in [0.2, 0.25) is 0 Å². The normalized spacial score (nSPS) is 18.0. The van der Waals surface area contributed by atoms with E-state index in [2.05, 4.69) is 46.9 Å². The lowest BCUT2D eigenvalue weighted by atomic mass is 9.83. The molecule has 1 nitrogen and oxygen atoms in total. The van der Waals surface area contributed by atoms with Gasteiger partial charge in [0.1, 0.15) is 0 Å². The van der Waals surface area contributed by atoms with Crippen LogP contribution in [0.25, 0.3) is 0 Å². The molecule has 1 heteroatoms. The Morgan fingerprint density at radius 1 is 0.842 bits per heavy atom. The van der Waals surface area contributed by atoms with E-state index in [0.29, 0.717) is 0 Å². The summed E-state index contributed by atoms with van der Waals surface area (Å²) in [6.45, 7) is 15.2. The van der Waals surface area contributed by atoms with Crippen LogP contribution in [0.5, 0.6) is 0 Å². The molecule has 1 N–H and O–H groups in total. The topological polar surface area (TPSA) is 12.0 Å². The summed E-state index contributed by atoms with van der Waals surface area (Å²) < 4.78 is 0. The summed E-state index contributed by atoms with van der Waals surface area (Å²) >= 11 is 0. The molecule has 0 aliphatic rings. The zero-order valence-electron chi connectivity index (χ0n) is 14.5. The van der Waals surface area contributed by atoms with Crippen LogP contribution in [0.3, 0.4) is 0 Å². The predicted molar refractivity (Wildman–Crippen MR) is 88.6 cm³/mol. The van der Waals surface area contributed by atoms with E-state index in [0.717, 1.165) is 30.3 Å². The van der Waals surface area contributed by atoms with Crippen LogP contribution in [0.1, 0.15) is 86.5 Å². The molecular formula is C18H39N. The lowest BCUT2D eigenvalue weighted by molar-refractivity contribution is 0.256. The molecule has 0 bridgehead atoms. The molecule has 0 spiro atoms. The van der Waals surface area contributed by atoms with Crippen LogP contribution < -0.4 is 5.32 Å². The molecular weight excluding hydrogens is 230 g/mol. The van der Waals surface area contributed by atoms with E-state index in [-0.39, 0.29) is 0 Å². The number of rotatable bonds is 12. The van der Waals surface area contributed by atoms with Gasteiger partial charge >= 0.3 is 0 Å². The first-order valence-corrected chi connectivity index (χ1v) is 8.82. The largest absolute Gasteiger partial charge is 0.314 e. The Hall–Kier alpha value is -0.0400. The summed E-state index contributed by atoms with van der Waals surface area (Å²) in [6, 6.07) is 0.723. The maximum Gasteiger partial charge on any atom is 0.00953 e. The second-order valence-electron chi connectivity index (χ2n) is 6.57. The lowest BCUT2D eigenvalue weighted by Gasteiger charge is -2.30. The number of hydrogen-bond donors (Lipinski definition) is 1. The van der Waals surface area contributed by atoms with Gasteiger partial charge in [0.2, 0.25) is 0 Å². The molecule has 0 fully saturated rings. The molecule has 116 valence electrons. The SMILES string of the molecule is CCCC(C)CC(C)C(CC(CC)CCC)NCC. The van der Waals surface area contributed by atoms with Crippen molar-refractivity contribution in [3.63, 3.8) is 0 Å². The van der Waals surface area contributed by atoms with Crippen molar-refractivity contribution < 1.29 is 0 Å². The molecule has 4 atom stereocenters. The standard InChI is InChI=1S/C18H39N/c1-7-11-15(5)13-16(6)18(19-10-4)14-17(9-3)12-8-2/h15-19H,7-14H2,1-6H3. The first-order valence-electron chi connectivity index (χ1n) is 8.82. The van der Waals surface area contributed by atoms with Gasteiger partial charge in [0.25, 0.3) is 0 Å². The zero-order valence-corrected chi connectivity index (χ0v) is 14.5. The third-order valence-electron chi connectivity index (χ3n) is 4.57. The Morgan fingerprint density at radius 3 is 1.95 bits per heavy atom. The van der Waals surface area contributed by atoms with E-state index in [1.165, 1.54) is 44.9 Å². The van der Waals surface area contributed by atoms with E-state index in [1.807, 2.05) is 0 Å². The minimum absolute atomic E-state index is 0.723. The molecule has 0 radical (unpaired) electrons. The second kappa shape index (κ2) is 11.8. The first-order chi connectivity index (χ1) is 9.08. The van der Waals surface area contributed by atoms with Gasteiger partial charge < -0.3 is 5.32 Å². The van der Waals surface area contributed by atoms with Crippen molar-refractivity contribution >= 4 is 0 Å². The van der Waals surface area contributed by atoms with Gasteiger partial charge in [0.05, 0.1) is 0 Å². The van der Waals surface area contributed by atoms with Crippen molar-refractivity contribution in [3.05, 3.63) is 0 Å². The maximum atomic E-state index is 3.75. The average Bonchev–Trinajstić information content (AvgIpc) is 2.37. The smallest absolute Gasteiger partial charge is 0.00953 e. The number of nitrogens with one attached hydrogen (secondary N) is 1. The minimum Gasteiger partial charge on any atom is -0.314 e. The Balaban J connectivity index is 4.34. The fourth-order valence-electron chi connectivity index (χ4n) is 3.44. The first kappa shape index (κ1) is 19.0. The van der Waals surface area contributed by atoms with Gasteiger partial charge in [-0.25, -0.2) is 0 Å². The van der Waals surface area contributed by atoms with Crippen LogP contribution in [-0.4, -0.2) is 12.6 Å². The monoisotopic (exact) mass is 269 g/mol. The van der Waals surface area contributed by atoms with Crippen molar-refractivity contribution in [1.82, 2.24) is 5.32 Å². The van der Waals surface area contributed by atoms with Crippen molar-refractivity contribution in [2.24, 2.45) is 17.8 Å². The molecule has 0 aliphatic carbocycles. The third kappa shape index (κ3) is 8.68. The molecule has 0 aromatic heterocycles. The van der Waals surface area contributed by atoms with Gasteiger partial charge in [-0.1, -0.05) is 73.6 Å². The summed E-state index contributed by atoms with van der Waals surface area (Å²) in [7, 11) is 0. The van der Waals surface area contributed by atoms with E-state index < -0.39 is 0 Å². The number of hydrogen-bond acceptors (Lipinski definition) is 1. The molecule has 19 heavy (non-hydrogen) atoms. The van der Waals surface area contributed by atoms with Crippen molar-refractivity contribution in [3.8, 4) is 0 Å². The fourth-order valence-corrected chi connectivity index (χ4v) is 3.44. The highest BCUT2D eigenvalue weighted by atomic mass is 14.9. The summed E-state index contributed by atoms with van der Waals surface area (Å²) in [5.41, 5.74) is 0. The van der Waals surface area contributed by atoms with E-state index in [9.17, 15) is 0 Å². The molecule has 4 unspecified atom stereocenters. The molecule has 0 saturated carbocycles. The van der Waals surface area contributed by atoms with Crippen LogP contribution in [0, 0.1) is 17.8 Å². The predicted octanol–water partition coefficient (Wildman–Crippen LogP) is 5.64. The third-order valence-corrected chi connectivity index (χ3v) is 4.57. The molecule has 0 heterocycles. The Labute approximate surface area is 122 Å². The second-order valence-corrected chi connectivity index (χ2v) is 6.57. The molecule has 0 rings (SSSR count). The maximum absolute atomic E-state index is 3.75. The summed E-state index contributed by atoms with van der Waals surface area (Å²) in [5.74, 6) is 2.61. The molecule has 0 amide bonds. The molecule has 0 saturated heterocycles. The summed E-state index contributed by atoms with van der Waals surface area (Å²) in [4.78, 5) is 0. The van der Waals surface area contributed by atoms with Crippen molar-refractivity contribution in [1.29, 1.82) is 0 Å². The van der Waals surface area contributed by atoms with E-state index >= 15 is 0 Å². The highest BCUT2D eigenvalue weighted by Gasteiger charge is 2.21.